The van der Waals surface area contributed by atoms with Crippen LogP contribution in [0.2, 0.25) is 0 Å². The van der Waals surface area contributed by atoms with E-state index in [-0.39, 0.29) is 12.5 Å². The predicted octanol–water partition coefficient (Wildman–Crippen LogP) is 1.77. The van der Waals surface area contributed by atoms with Crippen LogP contribution in [0.3, 0.4) is 0 Å². The first-order valence-corrected chi connectivity index (χ1v) is 8.72. The molecule has 3 heterocycles. The first kappa shape index (κ1) is 16.7. The molecule has 1 amide bonds. The Kier molecular flexibility index (Phi) is 4.00. The fourth-order valence-corrected chi connectivity index (χ4v) is 4.40. The molecule has 6 heteroatoms. The maximum atomic E-state index is 12.7. The number of hydrogen-bond acceptors (Lipinski definition) is 4. The third kappa shape index (κ3) is 2.49. The van der Waals surface area contributed by atoms with E-state index in [2.05, 4.69) is 22.5 Å². The van der Waals surface area contributed by atoms with Crippen molar-refractivity contribution in [2.45, 2.75) is 6.54 Å². The summed E-state index contributed by atoms with van der Waals surface area (Å²) in [7, 11) is 0. The van der Waals surface area contributed by atoms with Gasteiger partial charge in [-0.05, 0) is 17.0 Å². The van der Waals surface area contributed by atoms with Crippen LogP contribution in [0.4, 0.5) is 0 Å². The number of hydrogen-bond donors (Lipinski definition) is 1. The highest BCUT2D eigenvalue weighted by molar-refractivity contribution is 5.92. The summed E-state index contributed by atoms with van der Waals surface area (Å²) in [5, 5.41) is 12.1. The number of rotatable bonds is 5. The summed E-state index contributed by atoms with van der Waals surface area (Å²) in [6, 6.07) is 8.03. The molecular weight excluding hydrogens is 330 g/mol. The van der Waals surface area contributed by atoms with E-state index in [9.17, 15) is 14.7 Å². The smallest absolute Gasteiger partial charge is 0.313 e. The van der Waals surface area contributed by atoms with E-state index in [1.807, 2.05) is 24.4 Å². The van der Waals surface area contributed by atoms with Crippen LogP contribution in [0.5, 0.6) is 0 Å². The molecule has 134 valence electrons. The van der Waals surface area contributed by atoms with Crippen molar-refractivity contribution in [3.63, 3.8) is 0 Å². The summed E-state index contributed by atoms with van der Waals surface area (Å²) >= 11 is 0. The van der Waals surface area contributed by atoms with E-state index in [1.54, 1.807) is 17.2 Å². The Bertz CT molecular complexity index is 892. The Balaban J connectivity index is 1.61. The molecule has 2 fully saturated rings. The third-order valence-corrected chi connectivity index (χ3v) is 5.64. The molecule has 6 nitrogen and oxygen atoms in total. The maximum absolute atomic E-state index is 12.7. The lowest BCUT2D eigenvalue weighted by Gasteiger charge is -2.25. The van der Waals surface area contributed by atoms with Gasteiger partial charge in [-0.25, -0.2) is 0 Å². The normalized spacial score (nSPS) is 25.6. The zero-order valence-corrected chi connectivity index (χ0v) is 14.5. The van der Waals surface area contributed by atoms with Gasteiger partial charge in [0.2, 0.25) is 5.91 Å². The quantitative estimate of drug-likeness (QED) is 0.831. The number of aliphatic carboxylic acids is 1. The van der Waals surface area contributed by atoms with E-state index >= 15 is 0 Å². The van der Waals surface area contributed by atoms with Gasteiger partial charge in [-0.2, -0.15) is 0 Å². The van der Waals surface area contributed by atoms with Crippen molar-refractivity contribution in [1.82, 2.24) is 14.8 Å². The minimum atomic E-state index is -1.02. The van der Waals surface area contributed by atoms with Crippen molar-refractivity contribution >= 4 is 22.6 Å². The minimum Gasteiger partial charge on any atom is -0.481 e. The molecule has 0 spiro atoms. The molecule has 0 saturated carbocycles. The zero-order valence-electron chi connectivity index (χ0n) is 14.5. The second kappa shape index (κ2) is 6.21. The second-order valence-corrected chi connectivity index (χ2v) is 7.20. The van der Waals surface area contributed by atoms with E-state index in [0.717, 1.165) is 16.3 Å². The Morgan fingerprint density at radius 2 is 2.23 bits per heavy atom. The minimum absolute atomic E-state index is 0.0723. The van der Waals surface area contributed by atoms with Gasteiger partial charge in [-0.3, -0.25) is 19.5 Å². The first-order chi connectivity index (χ1) is 12.5. The summed E-state index contributed by atoms with van der Waals surface area (Å²) in [6.45, 7) is 5.81. The molecule has 2 saturated heterocycles. The molecule has 1 aromatic carbocycles. The van der Waals surface area contributed by atoms with Crippen LogP contribution in [-0.2, 0) is 16.1 Å². The summed E-state index contributed by atoms with van der Waals surface area (Å²) < 4.78 is 0. The van der Waals surface area contributed by atoms with E-state index in [1.165, 1.54) is 0 Å². The van der Waals surface area contributed by atoms with Crippen molar-refractivity contribution in [3.05, 3.63) is 54.9 Å². The molecule has 4 rings (SSSR count). The standard InChI is InChI=1S/C20H21N3O3/c1-2-8-23-13-20(19(25)26)12-22(11-17(20)18(23)24)10-15-5-3-4-14-9-21-7-6-16(14)15/h2-7,9,17H,1,8,10-13H2,(H,25,26)/t17-,20-/m0/s1. The molecular formula is C20H21N3O3. The molecule has 0 aliphatic carbocycles. The van der Waals surface area contributed by atoms with Crippen molar-refractivity contribution in [3.8, 4) is 0 Å². The Morgan fingerprint density at radius 3 is 2.96 bits per heavy atom. The molecule has 0 bridgehead atoms. The summed E-state index contributed by atoms with van der Waals surface area (Å²) in [4.78, 5) is 32.6. The lowest BCUT2D eigenvalue weighted by atomic mass is 9.81. The highest BCUT2D eigenvalue weighted by Crippen LogP contribution is 2.44. The largest absolute Gasteiger partial charge is 0.481 e. The van der Waals surface area contributed by atoms with Crippen LogP contribution in [-0.4, -0.2) is 57.9 Å². The van der Waals surface area contributed by atoms with E-state index in [0.29, 0.717) is 26.2 Å². The summed E-state index contributed by atoms with van der Waals surface area (Å²) in [6.07, 6.45) is 5.24. The van der Waals surface area contributed by atoms with Gasteiger partial charge >= 0.3 is 5.97 Å². The van der Waals surface area contributed by atoms with Crippen LogP contribution >= 0.6 is 0 Å². The van der Waals surface area contributed by atoms with Gasteiger partial charge in [0.15, 0.2) is 0 Å². The number of fused-ring (bicyclic) bond motifs is 2. The number of amides is 1. The third-order valence-electron chi connectivity index (χ3n) is 5.64. The molecule has 1 N–H and O–H groups in total. The molecule has 2 aliphatic heterocycles. The molecule has 1 aromatic heterocycles. The number of likely N-dealkylation sites (tertiary alicyclic amines) is 2. The number of carbonyl (C=O) groups is 2. The van der Waals surface area contributed by atoms with Crippen LogP contribution in [0, 0.1) is 11.3 Å². The van der Waals surface area contributed by atoms with Gasteiger partial charge in [0.05, 0.1) is 5.92 Å². The summed E-state index contributed by atoms with van der Waals surface area (Å²) in [5.41, 5.74) is 0.104. The number of benzene rings is 1. The molecule has 0 unspecified atom stereocenters. The van der Waals surface area contributed by atoms with Gasteiger partial charge < -0.3 is 10.0 Å². The fourth-order valence-electron chi connectivity index (χ4n) is 4.40. The van der Waals surface area contributed by atoms with Gasteiger partial charge in [0.1, 0.15) is 5.41 Å². The predicted molar refractivity (Wildman–Crippen MR) is 97.4 cm³/mol. The lowest BCUT2D eigenvalue weighted by molar-refractivity contribution is -0.149. The average molecular weight is 351 g/mol. The van der Waals surface area contributed by atoms with Crippen molar-refractivity contribution in [2.75, 3.05) is 26.2 Å². The number of carboxylic acid groups (broad SMARTS) is 1. The molecule has 2 aromatic rings. The maximum Gasteiger partial charge on any atom is 0.313 e. The molecule has 2 atom stereocenters. The molecule has 0 radical (unpaired) electrons. The number of pyridine rings is 1. The van der Waals surface area contributed by atoms with Crippen molar-refractivity contribution in [1.29, 1.82) is 0 Å². The monoisotopic (exact) mass is 351 g/mol. The highest BCUT2D eigenvalue weighted by atomic mass is 16.4. The van der Waals surface area contributed by atoms with Crippen LogP contribution in [0.15, 0.2) is 49.3 Å². The van der Waals surface area contributed by atoms with Gasteiger partial charge in [0.25, 0.3) is 0 Å². The SMILES string of the molecule is C=CCN1C[C@@]2(C(=O)O)CN(Cc3cccc4cnccc34)C[C@H]2C1=O. The number of nitrogens with zero attached hydrogens (tertiary/aromatic N) is 3. The zero-order chi connectivity index (χ0) is 18.3. The van der Waals surface area contributed by atoms with Gasteiger partial charge in [0, 0.05) is 50.5 Å². The fraction of sp³-hybridized carbons (Fsp3) is 0.350. The van der Waals surface area contributed by atoms with E-state index < -0.39 is 17.3 Å². The Morgan fingerprint density at radius 1 is 1.38 bits per heavy atom. The first-order valence-electron chi connectivity index (χ1n) is 8.72. The van der Waals surface area contributed by atoms with Gasteiger partial charge in [-0.1, -0.05) is 24.3 Å². The van der Waals surface area contributed by atoms with Crippen molar-refractivity contribution < 1.29 is 14.7 Å². The van der Waals surface area contributed by atoms with Crippen LogP contribution in [0.1, 0.15) is 5.56 Å². The Labute approximate surface area is 151 Å². The number of aromatic nitrogens is 1. The van der Waals surface area contributed by atoms with Gasteiger partial charge in [-0.15, -0.1) is 6.58 Å². The molecule has 2 aliphatic rings. The second-order valence-electron chi connectivity index (χ2n) is 7.20. The summed E-state index contributed by atoms with van der Waals surface area (Å²) in [5.74, 6) is -1.44. The topological polar surface area (TPSA) is 73.7 Å². The van der Waals surface area contributed by atoms with E-state index in [4.69, 9.17) is 0 Å². The van der Waals surface area contributed by atoms with Crippen LogP contribution < -0.4 is 0 Å². The Hall–Kier alpha value is -2.73. The highest BCUT2D eigenvalue weighted by Gasteiger charge is 2.61. The van der Waals surface area contributed by atoms with Crippen molar-refractivity contribution in [2.24, 2.45) is 11.3 Å². The molecule has 26 heavy (non-hydrogen) atoms. The van der Waals surface area contributed by atoms with Crippen LogP contribution in [0.25, 0.3) is 10.8 Å². The lowest BCUT2D eigenvalue weighted by Crippen LogP contribution is -2.40. The number of carbonyl (C=O) groups excluding carboxylic acids is 1. The average Bonchev–Trinajstić information content (AvgIpc) is 3.12. The number of carboxylic acids is 1.